The van der Waals surface area contributed by atoms with E-state index in [1.165, 1.54) is 0 Å². The molecule has 0 aromatic heterocycles. The Hall–Kier alpha value is -1.59. The molecule has 2 aliphatic rings. The molecule has 0 spiro atoms. The van der Waals surface area contributed by atoms with Crippen molar-refractivity contribution in [1.29, 1.82) is 0 Å². The quantitative estimate of drug-likeness (QED) is 0.810. The van der Waals surface area contributed by atoms with Crippen molar-refractivity contribution in [2.24, 2.45) is 5.92 Å². The van der Waals surface area contributed by atoms with Crippen LogP contribution in [0.15, 0.2) is 24.3 Å². The molecule has 1 aromatic carbocycles. The zero-order valence-corrected chi connectivity index (χ0v) is 15.5. The molecule has 2 fully saturated rings. The number of hydrogen-bond acceptors (Lipinski definition) is 3. The van der Waals surface area contributed by atoms with Crippen LogP contribution in [0.5, 0.6) is 0 Å². The highest BCUT2D eigenvalue weighted by atomic mass is 35.5. The van der Waals surface area contributed by atoms with Crippen molar-refractivity contribution >= 4 is 23.4 Å². The second-order valence-corrected chi connectivity index (χ2v) is 7.53. The Labute approximate surface area is 153 Å². The smallest absolute Gasteiger partial charge is 0.253 e. The van der Waals surface area contributed by atoms with E-state index in [4.69, 9.17) is 16.3 Å². The summed E-state index contributed by atoms with van der Waals surface area (Å²) < 4.78 is 5.71. The number of piperidine rings is 1. The minimum atomic E-state index is -0.123. The molecule has 0 saturated carbocycles. The van der Waals surface area contributed by atoms with Gasteiger partial charge in [0.2, 0.25) is 5.91 Å². The fourth-order valence-electron chi connectivity index (χ4n) is 3.75. The van der Waals surface area contributed by atoms with Gasteiger partial charge in [-0.1, -0.05) is 11.6 Å². The number of carbonyl (C=O) groups is 2. The second-order valence-electron chi connectivity index (χ2n) is 7.10. The standard InChI is InChI=1S/C19H25ClN2O3/c1-13-10-22(11-14(2)25-13)19(24)16-4-3-9-21(12-16)18(23)15-5-7-17(20)8-6-15/h5-8,13-14,16H,3-4,9-12H2,1-2H3/t13-,14-,16+/m0/s1. The zero-order valence-electron chi connectivity index (χ0n) is 14.8. The zero-order chi connectivity index (χ0) is 18.0. The van der Waals surface area contributed by atoms with Gasteiger partial charge in [0.1, 0.15) is 0 Å². The van der Waals surface area contributed by atoms with E-state index in [-0.39, 0.29) is 29.9 Å². The molecule has 2 amide bonds. The molecule has 2 heterocycles. The Kier molecular flexibility index (Phi) is 5.64. The van der Waals surface area contributed by atoms with Gasteiger partial charge in [-0.25, -0.2) is 0 Å². The molecule has 0 N–H and O–H groups in total. The third-order valence-corrected chi connectivity index (χ3v) is 5.13. The van der Waals surface area contributed by atoms with Gasteiger partial charge in [0.25, 0.3) is 5.91 Å². The SMILES string of the molecule is C[C@H]1CN(C(=O)[C@@H]2CCCN(C(=O)c3ccc(Cl)cc3)C2)C[C@H](C)O1. The first-order valence-corrected chi connectivity index (χ1v) is 9.31. The molecule has 3 atom stereocenters. The number of amides is 2. The average Bonchev–Trinajstić information content (AvgIpc) is 2.60. The average molecular weight is 365 g/mol. The Morgan fingerprint density at radius 2 is 1.68 bits per heavy atom. The maximum absolute atomic E-state index is 12.9. The van der Waals surface area contributed by atoms with Crippen molar-refractivity contribution in [2.75, 3.05) is 26.2 Å². The van der Waals surface area contributed by atoms with E-state index < -0.39 is 0 Å². The molecule has 25 heavy (non-hydrogen) atoms. The molecule has 0 aliphatic carbocycles. The largest absolute Gasteiger partial charge is 0.372 e. The lowest BCUT2D eigenvalue weighted by molar-refractivity contribution is -0.148. The summed E-state index contributed by atoms with van der Waals surface area (Å²) in [6.45, 7) is 6.43. The molecule has 0 unspecified atom stereocenters. The van der Waals surface area contributed by atoms with E-state index in [0.717, 1.165) is 12.8 Å². The molecule has 1 aromatic rings. The number of hydrogen-bond donors (Lipinski definition) is 0. The molecule has 0 bridgehead atoms. The van der Waals surface area contributed by atoms with Gasteiger partial charge in [-0.15, -0.1) is 0 Å². The number of halogens is 1. The van der Waals surface area contributed by atoms with Crippen LogP contribution in [0.25, 0.3) is 0 Å². The van der Waals surface area contributed by atoms with Gasteiger partial charge in [-0.05, 0) is 51.0 Å². The van der Waals surface area contributed by atoms with Crippen LogP contribution in [-0.4, -0.2) is 60.0 Å². The van der Waals surface area contributed by atoms with Gasteiger partial charge in [0, 0.05) is 36.8 Å². The topological polar surface area (TPSA) is 49.9 Å². The van der Waals surface area contributed by atoms with E-state index in [1.54, 1.807) is 29.2 Å². The van der Waals surface area contributed by atoms with Crippen molar-refractivity contribution in [2.45, 2.75) is 38.9 Å². The van der Waals surface area contributed by atoms with Crippen molar-refractivity contribution in [3.8, 4) is 0 Å². The second kappa shape index (κ2) is 7.75. The number of carbonyl (C=O) groups excluding carboxylic acids is 2. The number of benzene rings is 1. The van der Waals surface area contributed by atoms with Crippen LogP contribution in [0.2, 0.25) is 5.02 Å². The Bertz CT molecular complexity index is 624. The lowest BCUT2D eigenvalue weighted by Gasteiger charge is -2.39. The maximum Gasteiger partial charge on any atom is 0.253 e. The number of ether oxygens (including phenoxy) is 1. The Balaban J connectivity index is 1.65. The van der Waals surface area contributed by atoms with Crippen molar-refractivity contribution in [1.82, 2.24) is 9.80 Å². The van der Waals surface area contributed by atoms with E-state index in [2.05, 4.69) is 0 Å². The Morgan fingerprint density at radius 3 is 2.32 bits per heavy atom. The molecule has 2 aliphatic heterocycles. The Morgan fingerprint density at radius 1 is 1.04 bits per heavy atom. The van der Waals surface area contributed by atoms with Crippen LogP contribution in [0, 0.1) is 5.92 Å². The van der Waals surface area contributed by atoms with Crippen LogP contribution in [0.3, 0.4) is 0 Å². The first-order valence-electron chi connectivity index (χ1n) is 8.93. The third kappa shape index (κ3) is 4.33. The maximum atomic E-state index is 12.9. The minimum Gasteiger partial charge on any atom is -0.372 e. The van der Waals surface area contributed by atoms with Crippen LogP contribution in [0.4, 0.5) is 0 Å². The molecule has 3 rings (SSSR count). The summed E-state index contributed by atoms with van der Waals surface area (Å²) in [5.74, 6) is -0.00372. The normalized spacial score (nSPS) is 27.2. The van der Waals surface area contributed by atoms with E-state index in [0.29, 0.717) is 36.8 Å². The summed E-state index contributed by atoms with van der Waals surface area (Å²) in [4.78, 5) is 29.3. The first-order chi connectivity index (χ1) is 11.9. The molecular weight excluding hydrogens is 340 g/mol. The lowest BCUT2D eigenvalue weighted by atomic mass is 9.95. The predicted molar refractivity (Wildman–Crippen MR) is 96.7 cm³/mol. The highest BCUT2D eigenvalue weighted by molar-refractivity contribution is 6.30. The van der Waals surface area contributed by atoms with E-state index >= 15 is 0 Å². The summed E-state index contributed by atoms with van der Waals surface area (Å²) in [6.07, 6.45) is 1.81. The summed E-state index contributed by atoms with van der Waals surface area (Å²) in [7, 11) is 0. The van der Waals surface area contributed by atoms with Gasteiger partial charge in [0.05, 0.1) is 18.1 Å². The first kappa shape index (κ1) is 18.2. The summed E-state index contributed by atoms with van der Waals surface area (Å²) in [5, 5.41) is 0.610. The number of nitrogens with zero attached hydrogens (tertiary/aromatic N) is 2. The molecule has 2 saturated heterocycles. The summed E-state index contributed by atoms with van der Waals surface area (Å²) in [6, 6.07) is 6.92. The van der Waals surface area contributed by atoms with E-state index in [1.807, 2.05) is 18.7 Å². The molecule has 5 nitrogen and oxygen atoms in total. The van der Waals surface area contributed by atoms with Crippen molar-refractivity contribution < 1.29 is 14.3 Å². The van der Waals surface area contributed by atoms with E-state index in [9.17, 15) is 9.59 Å². The van der Waals surface area contributed by atoms with Gasteiger partial charge in [-0.3, -0.25) is 9.59 Å². The number of morpholine rings is 1. The number of rotatable bonds is 2. The van der Waals surface area contributed by atoms with Crippen LogP contribution < -0.4 is 0 Å². The van der Waals surface area contributed by atoms with Gasteiger partial charge < -0.3 is 14.5 Å². The van der Waals surface area contributed by atoms with Crippen LogP contribution >= 0.6 is 11.6 Å². The van der Waals surface area contributed by atoms with Gasteiger partial charge in [-0.2, -0.15) is 0 Å². The predicted octanol–water partition coefficient (Wildman–Crippen LogP) is 2.83. The highest BCUT2D eigenvalue weighted by Gasteiger charge is 2.34. The van der Waals surface area contributed by atoms with Crippen LogP contribution in [-0.2, 0) is 9.53 Å². The van der Waals surface area contributed by atoms with Crippen LogP contribution in [0.1, 0.15) is 37.0 Å². The highest BCUT2D eigenvalue weighted by Crippen LogP contribution is 2.23. The molecular formula is C19H25ClN2O3. The molecule has 0 radical (unpaired) electrons. The van der Waals surface area contributed by atoms with Gasteiger partial charge >= 0.3 is 0 Å². The minimum absolute atomic E-state index is 0.0297. The third-order valence-electron chi connectivity index (χ3n) is 4.88. The molecule has 136 valence electrons. The fourth-order valence-corrected chi connectivity index (χ4v) is 3.88. The van der Waals surface area contributed by atoms with Crippen molar-refractivity contribution in [3.05, 3.63) is 34.9 Å². The summed E-state index contributed by atoms with van der Waals surface area (Å²) in [5.41, 5.74) is 0.617. The monoisotopic (exact) mass is 364 g/mol. The summed E-state index contributed by atoms with van der Waals surface area (Å²) >= 11 is 5.89. The fraction of sp³-hybridized carbons (Fsp3) is 0.579. The van der Waals surface area contributed by atoms with Gasteiger partial charge in [0.15, 0.2) is 0 Å². The molecule has 6 heteroatoms. The number of likely N-dealkylation sites (tertiary alicyclic amines) is 1. The lowest BCUT2D eigenvalue weighted by Crippen LogP contribution is -2.53. The van der Waals surface area contributed by atoms with Crippen molar-refractivity contribution in [3.63, 3.8) is 0 Å².